The van der Waals surface area contributed by atoms with Gasteiger partial charge in [0.25, 0.3) is 0 Å². The fourth-order valence-electron chi connectivity index (χ4n) is 3.88. The Hall–Kier alpha value is -2.57. The lowest BCUT2D eigenvalue weighted by Crippen LogP contribution is -2.21. The third-order valence-electron chi connectivity index (χ3n) is 5.60. The van der Waals surface area contributed by atoms with Gasteiger partial charge >= 0.3 is 0 Å². The van der Waals surface area contributed by atoms with Gasteiger partial charge < -0.3 is 26.0 Å². The minimum atomic E-state index is -1.50. The van der Waals surface area contributed by atoms with Gasteiger partial charge in [0, 0.05) is 23.7 Å². The third kappa shape index (κ3) is 11.6. The van der Waals surface area contributed by atoms with Crippen molar-refractivity contribution in [3.8, 4) is 0 Å². The van der Waals surface area contributed by atoms with E-state index in [1.54, 1.807) is 29.2 Å². The molecule has 39 heavy (non-hydrogen) atoms. The quantitative estimate of drug-likeness (QED) is 0.112. The number of nitrogens with one attached hydrogen (secondary N) is 2. The molecule has 0 saturated heterocycles. The molecule has 1 aliphatic carbocycles. The summed E-state index contributed by atoms with van der Waals surface area (Å²) < 4.78 is 0. The highest BCUT2D eigenvalue weighted by molar-refractivity contribution is 8.13. The summed E-state index contributed by atoms with van der Waals surface area (Å²) in [5, 5.41) is 36.6. The van der Waals surface area contributed by atoms with E-state index in [2.05, 4.69) is 22.2 Å². The summed E-state index contributed by atoms with van der Waals surface area (Å²) in [7, 11) is 0. The number of allylic oxidation sites excluding steroid dienone is 4. The van der Waals surface area contributed by atoms with Crippen LogP contribution >= 0.6 is 23.1 Å². The zero-order valence-electron chi connectivity index (χ0n) is 23.7. The summed E-state index contributed by atoms with van der Waals surface area (Å²) in [6.07, 6.45) is 12.5. The zero-order valence-corrected chi connectivity index (χ0v) is 25.4. The van der Waals surface area contributed by atoms with E-state index in [4.69, 9.17) is 25.2 Å². The number of aromatic nitrogens is 3. The lowest BCUT2D eigenvalue weighted by Gasteiger charge is -2.19. The Bertz CT molecular complexity index is 1160. The Morgan fingerprint density at radius 2 is 1.97 bits per heavy atom. The number of rotatable bonds is 10. The third-order valence-corrected chi connectivity index (χ3v) is 7.25. The first kappa shape index (κ1) is 32.6. The molecule has 1 saturated carbocycles. The maximum atomic E-state index is 9.58. The molecule has 2 aromatic rings. The van der Waals surface area contributed by atoms with E-state index in [0.717, 1.165) is 57.8 Å². The molecular formula is C28H42N6O3S2. The number of anilines is 2. The van der Waals surface area contributed by atoms with Crippen molar-refractivity contribution < 1.29 is 15.3 Å². The first-order valence-corrected chi connectivity index (χ1v) is 15.0. The van der Waals surface area contributed by atoms with E-state index in [1.165, 1.54) is 13.8 Å². The molecule has 11 heteroatoms. The maximum Gasteiger partial charge on any atom is 0.225 e. The Balaban J connectivity index is 0.000000976. The van der Waals surface area contributed by atoms with E-state index >= 15 is 0 Å². The molecular weight excluding hydrogens is 532 g/mol. The molecule has 1 aliphatic rings. The molecule has 0 bridgehead atoms. The van der Waals surface area contributed by atoms with Crippen LogP contribution in [0, 0.1) is 19.8 Å². The van der Waals surface area contributed by atoms with Crippen molar-refractivity contribution in [3.63, 3.8) is 0 Å². The molecule has 0 radical (unpaired) electrons. The zero-order chi connectivity index (χ0) is 29.0. The number of thiazole rings is 1. The highest BCUT2D eigenvalue weighted by Crippen LogP contribution is 2.31. The van der Waals surface area contributed by atoms with Gasteiger partial charge in [0.1, 0.15) is 15.9 Å². The standard InChI is InChI=1S/C25H34N6OS2.C3H8O2/c1-6-8-9-19(7-2)30-24(33-5)22-17(4)28-25(26-13-21-27-16(3)15-34-21)31-23(22)29-20-11-10-18(12-20)14-32;1-3(2,4)5/h6-9,15,18,20,32H,2,10-14H2,1,3-5H3,(H2,26,28,29,31);4-5H,1-2H3/b8-6-,19-9+,30-24?;. The van der Waals surface area contributed by atoms with Crippen molar-refractivity contribution >= 4 is 39.9 Å². The Morgan fingerprint density at radius 1 is 1.26 bits per heavy atom. The number of aryl methyl sites for hydroxylation is 2. The van der Waals surface area contributed by atoms with E-state index in [1.807, 2.05) is 50.6 Å². The van der Waals surface area contributed by atoms with Gasteiger partial charge in [-0.2, -0.15) is 4.98 Å². The second-order valence-corrected chi connectivity index (χ2v) is 11.5. The number of aliphatic imine (C=N–C) groups is 1. The SMILES string of the molecule is C=C/C(=C\C=C/C)N=C(SC)c1c(C)nc(NCc2nc(C)cs2)nc1NC1CCC(CO)C1.CC(C)(O)O. The summed E-state index contributed by atoms with van der Waals surface area (Å²) in [5.74, 6) is 0.151. The average molecular weight is 575 g/mol. The van der Waals surface area contributed by atoms with Gasteiger partial charge in [-0.3, -0.25) is 0 Å². The van der Waals surface area contributed by atoms with Crippen LogP contribution in [0.15, 0.2) is 47.0 Å². The van der Waals surface area contributed by atoms with E-state index in [0.29, 0.717) is 18.4 Å². The Labute approximate surface area is 240 Å². The normalized spacial score (nSPS) is 18.2. The molecule has 2 unspecified atom stereocenters. The molecule has 2 heterocycles. The van der Waals surface area contributed by atoms with Gasteiger partial charge in [-0.05, 0) is 78.2 Å². The van der Waals surface area contributed by atoms with Crippen LogP contribution in [0.1, 0.15) is 62.0 Å². The second kappa shape index (κ2) is 15.9. The molecule has 9 nitrogen and oxygen atoms in total. The van der Waals surface area contributed by atoms with Gasteiger partial charge in [-0.1, -0.05) is 18.7 Å². The Morgan fingerprint density at radius 3 is 2.51 bits per heavy atom. The number of nitrogens with zero attached hydrogens (tertiary/aromatic N) is 4. The first-order chi connectivity index (χ1) is 18.5. The molecule has 0 amide bonds. The summed E-state index contributed by atoms with van der Waals surface area (Å²) >= 11 is 3.18. The molecule has 5 N–H and O–H groups in total. The van der Waals surface area contributed by atoms with Gasteiger partial charge in [-0.15, -0.1) is 23.1 Å². The number of thioether (sulfide) groups is 1. The molecule has 0 spiro atoms. The van der Waals surface area contributed by atoms with Crippen molar-refractivity contribution in [3.05, 3.63) is 63.9 Å². The maximum absolute atomic E-state index is 9.58. The molecule has 1 fully saturated rings. The minimum Gasteiger partial charge on any atom is -0.396 e. The molecule has 214 valence electrons. The van der Waals surface area contributed by atoms with Crippen molar-refractivity contribution in [1.29, 1.82) is 0 Å². The molecule has 0 aliphatic heterocycles. The van der Waals surface area contributed by atoms with Gasteiger partial charge in [-0.25, -0.2) is 15.0 Å². The van der Waals surface area contributed by atoms with Gasteiger partial charge in [0.05, 0.1) is 23.5 Å². The van der Waals surface area contributed by atoms with Crippen molar-refractivity contribution in [2.24, 2.45) is 10.9 Å². The van der Waals surface area contributed by atoms with E-state index in [9.17, 15) is 5.11 Å². The highest BCUT2D eigenvalue weighted by Gasteiger charge is 2.26. The molecule has 2 atom stereocenters. The fraction of sp³-hybridized carbons (Fsp3) is 0.500. The van der Waals surface area contributed by atoms with Gasteiger partial charge in [0.15, 0.2) is 5.79 Å². The fourth-order valence-corrected chi connectivity index (χ4v) is 5.24. The number of aliphatic hydroxyl groups is 3. The predicted molar refractivity (Wildman–Crippen MR) is 164 cm³/mol. The predicted octanol–water partition coefficient (Wildman–Crippen LogP) is 5.20. The number of hydrogen-bond donors (Lipinski definition) is 5. The minimum absolute atomic E-state index is 0.226. The largest absolute Gasteiger partial charge is 0.396 e. The van der Waals surface area contributed by atoms with Crippen LogP contribution in [0.4, 0.5) is 11.8 Å². The summed E-state index contributed by atoms with van der Waals surface area (Å²) in [6, 6.07) is 0.250. The van der Waals surface area contributed by atoms with Crippen LogP contribution in [0.2, 0.25) is 0 Å². The monoisotopic (exact) mass is 574 g/mol. The number of hydrogen-bond acceptors (Lipinski definition) is 11. The van der Waals surface area contributed by atoms with Crippen molar-refractivity contribution in [2.75, 3.05) is 23.5 Å². The molecule has 3 rings (SSSR count). The average Bonchev–Trinajstić information content (AvgIpc) is 3.51. The van der Waals surface area contributed by atoms with Crippen LogP contribution in [0.3, 0.4) is 0 Å². The topological polar surface area (TPSA) is 136 Å². The lowest BCUT2D eigenvalue weighted by molar-refractivity contribution is -0.127. The van der Waals surface area contributed by atoms with Crippen LogP contribution in [-0.2, 0) is 6.54 Å². The molecule has 2 aromatic heterocycles. The Kier molecular flexibility index (Phi) is 13.3. The van der Waals surface area contributed by atoms with Crippen LogP contribution < -0.4 is 10.6 Å². The van der Waals surface area contributed by atoms with Crippen molar-refractivity contribution in [1.82, 2.24) is 15.0 Å². The van der Waals surface area contributed by atoms with Crippen LogP contribution in [0.5, 0.6) is 0 Å². The summed E-state index contributed by atoms with van der Waals surface area (Å²) in [5.41, 5.74) is 3.52. The number of aliphatic hydroxyl groups excluding tert-OH is 1. The lowest BCUT2D eigenvalue weighted by atomic mass is 10.1. The molecule has 0 aromatic carbocycles. The smallest absolute Gasteiger partial charge is 0.225 e. The van der Waals surface area contributed by atoms with E-state index < -0.39 is 5.79 Å². The second-order valence-electron chi connectivity index (χ2n) is 9.73. The summed E-state index contributed by atoms with van der Waals surface area (Å²) in [6.45, 7) is 13.2. The first-order valence-electron chi connectivity index (χ1n) is 12.9. The summed E-state index contributed by atoms with van der Waals surface area (Å²) in [4.78, 5) is 19.0. The van der Waals surface area contributed by atoms with Crippen LogP contribution in [-0.4, -0.2) is 60.0 Å². The van der Waals surface area contributed by atoms with Crippen LogP contribution in [0.25, 0.3) is 0 Å². The van der Waals surface area contributed by atoms with E-state index in [-0.39, 0.29) is 12.6 Å². The van der Waals surface area contributed by atoms with Crippen molar-refractivity contribution in [2.45, 2.75) is 72.3 Å². The highest BCUT2D eigenvalue weighted by atomic mass is 32.2. The van der Waals surface area contributed by atoms with Gasteiger partial charge in [0.2, 0.25) is 5.95 Å².